The molecule has 0 bridgehead atoms. The number of carbonyl (C=O) groups excluding carboxylic acids is 1. The second-order valence-electron chi connectivity index (χ2n) is 6.58. The summed E-state index contributed by atoms with van der Waals surface area (Å²) in [6.07, 6.45) is 0. The van der Waals surface area contributed by atoms with Crippen LogP contribution in [0, 0.1) is 0 Å². The van der Waals surface area contributed by atoms with Crippen molar-refractivity contribution in [3.8, 4) is 5.75 Å². The molecular formula is C24H24BrNO3. The van der Waals surface area contributed by atoms with E-state index in [1.54, 1.807) is 12.1 Å². The molecule has 0 spiro atoms. The van der Waals surface area contributed by atoms with Crippen LogP contribution < -0.4 is 9.64 Å². The molecule has 0 aliphatic carbocycles. The van der Waals surface area contributed by atoms with Gasteiger partial charge in [-0.3, -0.25) is 0 Å². The smallest absolute Gasteiger partial charge is 0.337 e. The minimum atomic E-state index is -0.330. The van der Waals surface area contributed by atoms with Crippen molar-refractivity contribution in [2.24, 2.45) is 0 Å². The molecule has 0 aliphatic heterocycles. The lowest BCUT2D eigenvalue weighted by Crippen LogP contribution is -2.22. The quantitative estimate of drug-likeness (QED) is 0.401. The molecule has 5 heteroatoms. The molecule has 0 radical (unpaired) electrons. The van der Waals surface area contributed by atoms with Gasteiger partial charge in [-0.1, -0.05) is 52.3 Å². The molecule has 3 aromatic rings. The van der Waals surface area contributed by atoms with Gasteiger partial charge in [0.15, 0.2) is 0 Å². The molecular weight excluding hydrogens is 430 g/mol. The Labute approximate surface area is 180 Å². The second kappa shape index (κ2) is 10.1. The molecule has 0 amide bonds. The van der Waals surface area contributed by atoms with Crippen LogP contribution in [0.5, 0.6) is 5.75 Å². The van der Waals surface area contributed by atoms with E-state index >= 15 is 0 Å². The third-order valence-corrected chi connectivity index (χ3v) is 5.16. The Bertz CT molecular complexity index is 942. The van der Waals surface area contributed by atoms with Crippen molar-refractivity contribution in [2.75, 3.05) is 18.6 Å². The zero-order valence-corrected chi connectivity index (χ0v) is 18.2. The zero-order chi connectivity index (χ0) is 20.6. The lowest BCUT2D eigenvalue weighted by molar-refractivity contribution is 0.0601. The highest BCUT2D eigenvalue weighted by atomic mass is 79.9. The Morgan fingerprint density at radius 3 is 2.38 bits per heavy atom. The first-order chi connectivity index (χ1) is 14.1. The van der Waals surface area contributed by atoms with E-state index < -0.39 is 0 Å². The molecule has 0 saturated carbocycles. The minimum Gasteiger partial charge on any atom is -0.489 e. The van der Waals surface area contributed by atoms with Gasteiger partial charge in [-0.2, -0.15) is 0 Å². The molecule has 0 N–H and O–H groups in total. The maximum atomic E-state index is 11.7. The van der Waals surface area contributed by atoms with E-state index in [9.17, 15) is 4.79 Å². The van der Waals surface area contributed by atoms with Crippen LogP contribution in [-0.2, 0) is 17.9 Å². The van der Waals surface area contributed by atoms with Gasteiger partial charge in [-0.25, -0.2) is 4.79 Å². The maximum Gasteiger partial charge on any atom is 0.337 e. The summed E-state index contributed by atoms with van der Waals surface area (Å²) >= 11 is 3.54. The molecule has 0 saturated heterocycles. The van der Waals surface area contributed by atoms with Crippen LogP contribution in [0.1, 0.15) is 28.4 Å². The highest BCUT2D eigenvalue weighted by molar-refractivity contribution is 9.10. The van der Waals surface area contributed by atoms with Crippen LogP contribution >= 0.6 is 15.9 Å². The van der Waals surface area contributed by atoms with Gasteiger partial charge in [-0.05, 0) is 48.9 Å². The van der Waals surface area contributed by atoms with Gasteiger partial charge >= 0.3 is 5.97 Å². The summed E-state index contributed by atoms with van der Waals surface area (Å²) in [4.78, 5) is 13.9. The number of anilines is 1. The number of esters is 1. The largest absolute Gasteiger partial charge is 0.489 e. The van der Waals surface area contributed by atoms with E-state index in [0.717, 1.165) is 33.6 Å². The number of benzene rings is 3. The summed E-state index contributed by atoms with van der Waals surface area (Å²) in [5, 5.41) is 0. The first-order valence-corrected chi connectivity index (χ1v) is 10.3. The maximum absolute atomic E-state index is 11.7. The Balaban J connectivity index is 1.77. The molecule has 0 fully saturated rings. The molecule has 3 rings (SSSR count). The van der Waals surface area contributed by atoms with Crippen LogP contribution in [0.3, 0.4) is 0 Å². The third kappa shape index (κ3) is 5.61. The molecule has 0 atom stereocenters. The van der Waals surface area contributed by atoms with Crippen molar-refractivity contribution in [2.45, 2.75) is 20.1 Å². The zero-order valence-electron chi connectivity index (χ0n) is 16.6. The third-order valence-electron chi connectivity index (χ3n) is 4.66. The van der Waals surface area contributed by atoms with Crippen LogP contribution in [0.15, 0.2) is 77.3 Å². The van der Waals surface area contributed by atoms with Crippen molar-refractivity contribution < 1.29 is 14.3 Å². The number of rotatable bonds is 8. The number of methoxy groups -OCH3 is 1. The van der Waals surface area contributed by atoms with E-state index in [4.69, 9.17) is 9.47 Å². The molecule has 0 heterocycles. The van der Waals surface area contributed by atoms with E-state index in [-0.39, 0.29) is 5.97 Å². The van der Waals surface area contributed by atoms with Gasteiger partial charge in [0, 0.05) is 28.8 Å². The predicted molar refractivity (Wildman–Crippen MR) is 119 cm³/mol. The standard InChI is InChI=1S/C24H24BrNO3/c1-3-26(22-13-10-19(11-14-22)24(27)28-2)16-20-9-12-21(25)15-23(20)29-17-18-7-5-4-6-8-18/h4-15H,3,16-17H2,1-2H3. The Morgan fingerprint density at radius 2 is 1.72 bits per heavy atom. The number of nitrogens with zero attached hydrogens (tertiary/aromatic N) is 1. The lowest BCUT2D eigenvalue weighted by atomic mass is 10.1. The van der Waals surface area contributed by atoms with E-state index in [2.05, 4.69) is 46.0 Å². The van der Waals surface area contributed by atoms with Gasteiger partial charge in [0.2, 0.25) is 0 Å². The number of ether oxygens (including phenoxy) is 2. The van der Waals surface area contributed by atoms with E-state index in [1.165, 1.54) is 7.11 Å². The Morgan fingerprint density at radius 1 is 1.00 bits per heavy atom. The van der Waals surface area contributed by atoms with Crippen molar-refractivity contribution in [3.05, 3.63) is 94.0 Å². The summed E-state index contributed by atoms with van der Waals surface area (Å²) in [7, 11) is 1.39. The number of carbonyl (C=O) groups is 1. The number of hydrogen-bond donors (Lipinski definition) is 0. The fourth-order valence-electron chi connectivity index (χ4n) is 3.05. The van der Waals surface area contributed by atoms with Crippen molar-refractivity contribution in [1.82, 2.24) is 0 Å². The van der Waals surface area contributed by atoms with Crippen molar-refractivity contribution >= 4 is 27.6 Å². The van der Waals surface area contributed by atoms with Gasteiger partial charge in [0.1, 0.15) is 12.4 Å². The Hall–Kier alpha value is -2.79. The lowest BCUT2D eigenvalue weighted by Gasteiger charge is -2.25. The molecule has 0 aliphatic rings. The molecule has 150 valence electrons. The average Bonchev–Trinajstić information content (AvgIpc) is 2.77. The second-order valence-corrected chi connectivity index (χ2v) is 7.49. The summed E-state index contributed by atoms with van der Waals surface area (Å²) in [5.74, 6) is 0.525. The summed E-state index contributed by atoms with van der Waals surface area (Å²) < 4.78 is 11.9. The first-order valence-electron chi connectivity index (χ1n) is 9.49. The predicted octanol–water partition coefficient (Wildman–Crippen LogP) is 5.84. The molecule has 0 aromatic heterocycles. The topological polar surface area (TPSA) is 38.8 Å². The normalized spacial score (nSPS) is 10.4. The highest BCUT2D eigenvalue weighted by Crippen LogP contribution is 2.28. The van der Waals surface area contributed by atoms with Gasteiger partial charge in [0.25, 0.3) is 0 Å². The van der Waals surface area contributed by atoms with Crippen LogP contribution in [0.2, 0.25) is 0 Å². The van der Waals surface area contributed by atoms with Crippen LogP contribution in [0.4, 0.5) is 5.69 Å². The molecule has 3 aromatic carbocycles. The SMILES string of the molecule is CCN(Cc1ccc(Br)cc1OCc1ccccc1)c1ccc(C(=O)OC)cc1. The summed E-state index contributed by atoms with van der Waals surface area (Å²) in [5.41, 5.74) is 3.81. The van der Waals surface area contributed by atoms with Gasteiger partial charge < -0.3 is 14.4 Å². The van der Waals surface area contributed by atoms with Crippen molar-refractivity contribution in [3.63, 3.8) is 0 Å². The molecule has 0 unspecified atom stereocenters. The van der Waals surface area contributed by atoms with Crippen LogP contribution in [0.25, 0.3) is 0 Å². The van der Waals surface area contributed by atoms with Gasteiger partial charge in [-0.15, -0.1) is 0 Å². The monoisotopic (exact) mass is 453 g/mol. The minimum absolute atomic E-state index is 0.330. The Kier molecular flexibility index (Phi) is 7.30. The average molecular weight is 454 g/mol. The summed E-state index contributed by atoms with van der Waals surface area (Å²) in [6.45, 7) is 4.15. The summed E-state index contributed by atoms with van der Waals surface area (Å²) in [6, 6.07) is 23.7. The van der Waals surface area contributed by atoms with Gasteiger partial charge in [0.05, 0.1) is 12.7 Å². The first kappa shape index (κ1) is 20.9. The highest BCUT2D eigenvalue weighted by Gasteiger charge is 2.12. The number of halogens is 1. The van der Waals surface area contributed by atoms with Crippen molar-refractivity contribution in [1.29, 1.82) is 0 Å². The van der Waals surface area contributed by atoms with Crippen LogP contribution in [-0.4, -0.2) is 19.6 Å². The van der Waals surface area contributed by atoms with E-state index in [0.29, 0.717) is 18.7 Å². The van der Waals surface area contributed by atoms with E-state index in [1.807, 2.05) is 42.5 Å². The molecule has 4 nitrogen and oxygen atoms in total. The number of hydrogen-bond acceptors (Lipinski definition) is 4. The fraction of sp³-hybridized carbons (Fsp3) is 0.208. The molecule has 29 heavy (non-hydrogen) atoms. The fourth-order valence-corrected chi connectivity index (χ4v) is 3.39.